The molecule has 2 N–H and O–H groups in total. The summed E-state index contributed by atoms with van der Waals surface area (Å²) in [5.74, 6) is -1.59. The fourth-order valence-electron chi connectivity index (χ4n) is 3.06. The van der Waals surface area contributed by atoms with Crippen LogP contribution in [0.15, 0.2) is 5.11 Å². The third-order valence-electron chi connectivity index (χ3n) is 4.72. The standard InChI is InChI=1S/C20H38N4O3/c1-2-3-4-5-6-7-8-9-10-11-12-13-14-15-19(25)23-18(20(26)27)16-17-22-24-21/h18,21H,2-17H2,1H3,(H-,23,25,26,27). The first-order valence-electron chi connectivity index (χ1n) is 10.6. The smallest absolute Gasteiger partial charge is 0.220 e. The number of carboxylic acid groups (broad SMARTS) is 1. The van der Waals surface area contributed by atoms with Gasteiger partial charge in [0, 0.05) is 6.42 Å². The predicted molar refractivity (Wildman–Crippen MR) is 104 cm³/mol. The molecule has 0 aromatic heterocycles. The van der Waals surface area contributed by atoms with Gasteiger partial charge in [0.15, 0.2) is 0 Å². The molecule has 156 valence electrons. The number of hydrogen-bond donors (Lipinski definition) is 2. The number of carbonyl (C=O) groups excluding carboxylic acids is 2. The van der Waals surface area contributed by atoms with Crippen molar-refractivity contribution in [3.05, 3.63) is 0 Å². The van der Waals surface area contributed by atoms with Gasteiger partial charge in [-0.2, -0.15) is 0 Å². The molecular formula is C20H38N4O3. The molecule has 0 aromatic rings. The average Bonchev–Trinajstić information content (AvgIpc) is 2.64. The molecule has 1 amide bonds. The molecule has 0 saturated carbocycles. The van der Waals surface area contributed by atoms with Crippen LogP contribution in [0.3, 0.4) is 0 Å². The maximum atomic E-state index is 11.8. The Bertz CT molecular complexity index is 437. The van der Waals surface area contributed by atoms with Gasteiger partial charge in [-0.1, -0.05) is 84.0 Å². The van der Waals surface area contributed by atoms with Crippen molar-refractivity contribution in [2.24, 2.45) is 5.11 Å². The highest BCUT2D eigenvalue weighted by Crippen LogP contribution is 2.13. The van der Waals surface area contributed by atoms with Gasteiger partial charge in [-0.3, -0.25) is 4.79 Å². The highest BCUT2D eigenvalue weighted by atomic mass is 16.4. The van der Waals surface area contributed by atoms with Gasteiger partial charge in [0.05, 0.1) is 12.0 Å². The van der Waals surface area contributed by atoms with Crippen LogP contribution < -0.4 is 15.3 Å². The monoisotopic (exact) mass is 382 g/mol. The Morgan fingerprint density at radius 2 is 1.41 bits per heavy atom. The van der Waals surface area contributed by atoms with Crippen molar-refractivity contribution in [3.8, 4) is 0 Å². The molecule has 0 rings (SSSR count). The lowest BCUT2D eigenvalue weighted by Crippen LogP contribution is -2.48. The third-order valence-corrected chi connectivity index (χ3v) is 4.72. The number of rotatable bonds is 19. The highest BCUT2D eigenvalue weighted by Gasteiger charge is 2.13. The van der Waals surface area contributed by atoms with Crippen molar-refractivity contribution < 1.29 is 14.7 Å². The molecule has 0 aliphatic carbocycles. The van der Waals surface area contributed by atoms with E-state index in [-0.39, 0.29) is 18.9 Å². The van der Waals surface area contributed by atoms with Gasteiger partial charge in [-0.05, 0) is 12.8 Å². The van der Waals surface area contributed by atoms with E-state index in [0.29, 0.717) is 6.42 Å². The molecule has 0 bridgehead atoms. The Kier molecular flexibility index (Phi) is 17.8. The SMILES string of the molecule is CCCCCCCCCCCCCCCC(=O)NC(CCN=[N+]=N)C(=O)[O-]. The zero-order chi connectivity index (χ0) is 20.2. The summed E-state index contributed by atoms with van der Waals surface area (Å²) in [7, 11) is 0. The van der Waals surface area contributed by atoms with Gasteiger partial charge in [-0.15, -0.1) is 0 Å². The van der Waals surface area contributed by atoms with E-state index in [4.69, 9.17) is 5.53 Å². The molecule has 1 atom stereocenters. The first kappa shape index (κ1) is 25.2. The van der Waals surface area contributed by atoms with E-state index in [2.05, 4.69) is 22.3 Å². The zero-order valence-corrected chi connectivity index (χ0v) is 17.0. The van der Waals surface area contributed by atoms with Crippen molar-refractivity contribution in [1.82, 2.24) is 10.2 Å². The molecule has 0 spiro atoms. The molecule has 0 fully saturated rings. The Labute approximate surface area is 163 Å². The molecule has 0 radical (unpaired) electrons. The largest absolute Gasteiger partial charge is 0.548 e. The summed E-state index contributed by atoms with van der Waals surface area (Å²) in [5.41, 5.74) is 6.53. The van der Waals surface area contributed by atoms with E-state index in [1.165, 1.54) is 64.2 Å². The average molecular weight is 383 g/mol. The summed E-state index contributed by atoms with van der Waals surface area (Å²) >= 11 is 0. The Morgan fingerprint density at radius 1 is 0.926 bits per heavy atom. The van der Waals surface area contributed by atoms with Crippen molar-refractivity contribution in [2.45, 2.75) is 109 Å². The normalized spacial score (nSPS) is 11.6. The van der Waals surface area contributed by atoms with Crippen LogP contribution in [0.1, 0.15) is 103 Å². The van der Waals surface area contributed by atoms with Crippen molar-refractivity contribution >= 4 is 11.9 Å². The summed E-state index contributed by atoms with van der Waals surface area (Å²) in [6.45, 7) is 2.33. The van der Waals surface area contributed by atoms with Gasteiger partial charge in [-0.25, -0.2) is 0 Å². The molecule has 7 nitrogen and oxygen atoms in total. The number of aliphatic carboxylic acids is 1. The van der Waals surface area contributed by atoms with Crippen LogP contribution in [0.25, 0.3) is 0 Å². The molecule has 0 aliphatic heterocycles. The maximum absolute atomic E-state index is 11.8. The third kappa shape index (κ3) is 17.4. The minimum atomic E-state index is -1.33. The minimum Gasteiger partial charge on any atom is -0.548 e. The van der Waals surface area contributed by atoms with E-state index in [1.807, 2.05) is 0 Å². The van der Waals surface area contributed by atoms with Crippen LogP contribution >= 0.6 is 0 Å². The number of amides is 1. The van der Waals surface area contributed by atoms with E-state index >= 15 is 0 Å². The second-order valence-corrected chi connectivity index (χ2v) is 7.19. The lowest BCUT2D eigenvalue weighted by Gasteiger charge is -2.17. The number of unbranched alkanes of at least 4 members (excludes halogenated alkanes) is 12. The fraction of sp³-hybridized carbons (Fsp3) is 0.900. The molecule has 0 heterocycles. The number of hydrogen-bond acceptors (Lipinski definition) is 5. The van der Waals surface area contributed by atoms with Crippen molar-refractivity contribution in [2.75, 3.05) is 6.54 Å². The van der Waals surface area contributed by atoms with Gasteiger partial charge in [0.2, 0.25) is 10.8 Å². The van der Waals surface area contributed by atoms with Crippen LogP contribution in [-0.2, 0) is 9.59 Å². The first-order chi connectivity index (χ1) is 13.1. The number of carbonyl (C=O) groups is 2. The first-order valence-corrected chi connectivity index (χ1v) is 10.6. The molecule has 7 heteroatoms. The topological polar surface area (TPSA) is 120 Å². The van der Waals surface area contributed by atoms with Crippen molar-refractivity contribution in [3.63, 3.8) is 0 Å². The Hall–Kier alpha value is -1.75. The summed E-state index contributed by atoms with van der Waals surface area (Å²) in [6, 6.07) is -1.06. The van der Waals surface area contributed by atoms with E-state index in [0.717, 1.165) is 19.3 Å². The molecule has 0 aliphatic rings. The minimum absolute atomic E-state index is 0.0845. The Balaban J connectivity index is 3.51. The fourth-order valence-corrected chi connectivity index (χ4v) is 3.06. The maximum Gasteiger partial charge on any atom is 0.220 e. The number of nitrogens with zero attached hydrogens (tertiary/aromatic N) is 2. The van der Waals surface area contributed by atoms with Crippen LogP contribution in [0.2, 0.25) is 0 Å². The Morgan fingerprint density at radius 3 is 1.85 bits per heavy atom. The summed E-state index contributed by atoms with van der Waals surface area (Å²) in [5, 5.41) is 16.8. The van der Waals surface area contributed by atoms with Gasteiger partial charge >= 0.3 is 0 Å². The molecule has 0 saturated heterocycles. The van der Waals surface area contributed by atoms with E-state index in [1.54, 1.807) is 0 Å². The van der Waals surface area contributed by atoms with Gasteiger partial charge < -0.3 is 15.2 Å². The molecule has 1 unspecified atom stereocenters. The number of carboxylic acids is 1. The van der Waals surface area contributed by atoms with Crippen molar-refractivity contribution in [1.29, 1.82) is 5.53 Å². The molecular weight excluding hydrogens is 344 g/mol. The van der Waals surface area contributed by atoms with Gasteiger partial charge in [0.1, 0.15) is 17.2 Å². The van der Waals surface area contributed by atoms with Crippen LogP contribution in [0.4, 0.5) is 0 Å². The summed E-state index contributed by atoms with van der Waals surface area (Å²) in [4.78, 5) is 25.6. The van der Waals surface area contributed by atoms with E-state index in [9.17, 15) is 14.7 Å². The predicted octanol–water partition coefficient (Wildman–Crippen LogP) is 3.64. The van der Waals surface area contributed by atoms with Crippen LogP contribution in [-0.4, -0.2) is 24.5 Å². The zero-order valence-electron chi connectivity index (χ0n) is 17.0. The van der Waals surface area contributed by atoms with E-state index < -0.39 is 12.0 Å². The number of nitrogens with one attached hydrogen (secondary N) is 2. The lowest BCUT2D eigenvalue weighted by molar-refractivity contribution is -0.308. The summed E-state index contributed by atoms with van der Waals surface area (Å²) in [6.07, 6.45) is 16.6. The second-order valence-electron chi connectivity index (χ2n) is 7.19. The van der Waals surface area contributed by atoms with Crippen LogP contribution in [0.5, 0.6) is 0 Å². The molecule has 0 aromatic carbocycles. The quantitative estimate of drug-likeness (QED) is 0.201. The lowest BCUT2D eigenvalue weighted by atomic mass is 10.0. The van der Waals surface area contributed by atoms with Gasteiger partial charge in [0.25, 0.3) is 0 Å². The van der Waals surface area contributed by atoms with Crippen LogP contribution in [0, 0.1) is 5.53 Å². The highest BCUT2D eigenvalue weighted by molar-refractivity contribution is 5.82. The molecule has 27 heavy (non-hydrogen) atoms. The second kappa shape index (κ2) is 19.0. The summed E-state index contributed by atoms with van der Waals surface area (Å²) < 4.78 is 0.